The maximum Gasteiger partial charge on any atom is 0.147 e. The number of pyridine rings is 2. The molecule has 5 heteroatoms. The van der Waals surface area contributed by atoms with Gasteiger partial charge in [0.15, 0.2) is 0 Å². The van der Waals surface area contributed by atoms with Gasteiger partial charge in [0.2, 0.25) is 0 Å². The van der Waals surface area contributed by atoms with Crippen LogP contribution >= 0.6 is 0 Å². The first kappa shape index (κ1) is 22.7. The second kappa shape index (κ2) is 8.30. The summed E-state index contributed by atoms with van der Waals surface area (Å²) in [7, 11) is 0. The van der Waals surface area contributed by atoms with E-state index in [1.54, 1.807) is 0 Å². The Morgan fingerprint density at radius 1 is 0.419 bits per heavy atom. The van der Waals surface area contributed by atoms with E-state index in [2.05, 4.69) is 129 Å². The van der Waals surface area contributed by atoms with E-state index in [4.69, 9.17) is 9.97 Å². The maximum atomic E-state index is 4.93. The molecule has 10 rings (SSSR count). The molecule has 5 aromatic heterocycles. The van der Waals surface area contributed by atoms with Crippen LogP contribution in [0.1, 0.15) is 0 Å². The Morgan fingerprint density at radius 3 is 1.88 bits per heavy atom. The molecule has 43 heavy (non-hydrogen) atoms. The van der Waals surface area contributed by atoms with Crippen LogP contribution in [0.5, 0.6) is 0 Å². The second-order valence-electron chi connectivity index (χ2n) is 11.1. The van der Waals surface area contributed by atoms with Crippen LogP contribution < -0.4 is 0 Å². The summed E-state index contributed by atoms with van der Waals surface area (Å²) in [4.78, 5) is 9.79. The Morgan fingerprint density at radius 2 is 1.07 bits per heavy atom. The molecule has 5 heterocycles. The number of benzene rings is 5. The molecule has 0 N–H and O–H groups in total. The number of nitrogens with zero attached hydrogens (tertiary/aromatic N) is 5. The van der Waals surface area contributed by atoms with Crippen LogP contribution in [-0.2, 0) is 0 Å². The number of fused-ring (bicyclic) bond motifs is 14. The van der Waals surface area contributed by atoms with Gasteiger partial charge in [-0.05, 0) is 48.5 Å². The Balaban J connectivity index is 1.52. The molecule has 0 saturated heterocycles. The van der Waals surface area contributed by atoms with Gasteiger partial charge in [-0.15, -0.1) is 0 Å². The van der Waals surface area contributed by atoms with Crippen molar-refractivity contribution in [3.8, 4) is 11.4 Å². The van der Waals surface area contributed by atoms with E-state index in [-0.39, 0.29) is 0 Å². The van der Waals surface area contributed by atoms with Crippen molar-refractivity contribution in [3.05, 3.63) is 140 Å². The van der Waals surface area contributed by atoms with Crippen molar-refractivity contribution < 1.29 is 0 Å². The lowest BCUT2D eigenvalue weighted by molar-refractivity contribution is 1.17. The maximum absolute atomic E-state index is 4.93. The van der Waals surface area contributed by atoms with Crippen LogP contribution in [0.3, 0.4) is 0 Å². The van der Waals surface area contributed by atoms with E-state index in [1.807, 2.05) is 24.7 Å². The fraction of sp³-hybridized carbons (Fsp3) is 0. The van der Waals surface area contributed by atoms with Crippen LogP contribution in [0, 0.1) is 0 Å². The smallest absolute Gasteiger partial charge is 0.147 e. The molecule has 0 spiro atoms. The minimum atomic E-state index is 0.934. The van der Waals surface area contributed by atoms with Gasteiger partial charge in [0.05, 0.1) is 38.5 Å². The summed E-state index contributed by atoms with van der Waals surface area (Å²) in [5.74, 6) is 0. The third kappa shape index (κ3) is 2.90. The summed E-state index contributed by atoms with van der Waals surface area (Å²) < 4.78 is 7.02. The Hall–Kier alpha value is -5.94. The zero-order valence-electron chi connectivity index (χ0n) is 23.0. The molecule has 0 saturated carbocycles. The van der Waals surface area contributed by atoms with Crippen molar-refractivity contribution >= 4 is 71.1 Å². The molecular weight excluding hydrogens is 526 g/mol. The first-order valence-corrected chi connectivity index (χ1v) is 14.5. The van der Waals surface area contributed by atoms with Gasteiger partial charge in [-0.3, -0.25) is 9.38 Å². The highest BCUT2D eigenvalue weighted by Gasteiger charge is 2.23. The number of hydrogen-bond donors (Lipinski definition) is 0. The van der Waals surface area contributed by atoms with E-state index in [1.165, 1.54) is 38.1 Å². The zero-order chi connectivity index (χ0) is 28.1. The third-order valence-electron chi connectivity index (χ3n) is 8.92. The predicted octanol–water partition coefficient (Wildman–Crippen LogP) is 9.23. The number of imidazole rings is 1. The largest absolute Gasteiger partial charge is 0.309 e. The molecule has 0 unspecified atom stereocenters. The van der Waals surface area contributed by atoms with Crippen molar-refractivity contribution in [1.82, 2.24) is 23.5 Å². The fourth-order valence-electron chi connectivity index (χ4n) is 7.24. The van der Waals surface area contributed by atoms with Crippen LogP contribution in [0.2, 0.25) is 0 Å². The van der Waals surface area contributed by atoms with Gasteiger partial charge in [-0.25, -0.2) is 4.98 Å². The van der Waals surface area contributed by atoms with Gasteiger partial charge < -0.3 is 9.13 Å². The SMILES string of the molecule is c1ccc(-n2c3ccccc3c3c2ccc2c4ccc5c6ncccc6n6ccnc6c5c4n(-c4ccccc4)c23)cc1. The van der Waals surface area contributed by atoms with Crippen molar-refractivity contribution in [3.63, 3.8) is 0 Å². The van der Waals surface area contributed by atoms with E-state index >= 15 is 0 Å². The highest BCUT2D eigenvalue weighted by Crippen LogP contribution is 2.45. The summed E-state index contributed by atoms with van der Waals surface area (Å²) in [6, 6.07) is 43.3. The highest BCUT2D eigenvalue weighted by molar-refractivity contribution is 6.31. The van der Waals surface area contributed by atoms with Crippen molar-refractivity contribution in [2.45, 2.75) is 0 Å². The average Bonchev–Trinajstić information content (AvgIpc) is 3.78. The van der Waals surface area contributed by atoms with Gasteiger partial charge in [-0.2, -0.15) is 0 Å². The minimum Gasteiger partial charge on any atom is -0.309 e. The Kier molecular flexibility index (Phi) is 4.39. The van der Waals surface area contributed by atoms with Crippen molar-refractivity contribution in [2.75, 3.05) is 0 Å². The fourth-order valence-corrected chi connectivity index (χ4v) is 7.24. The normalized spacial score (nSPS) is 12.2. The van der Waals surface area contributed by atoms with Crippen LogP contribution in [-0.4, -0.2) is 23.5 Å². The minimum absolute atomic E-state index is 0.934. The van der Waals surface area contributed by atoms with Gasteiger partial charge in [0.25, 0.3) is 0 Å². The lowest BCUT2D eigenvalue weighted by Crippen LogP contribution is -1.98. The molecule has 0 aliphatic carbocycles. The number of rotatable bonds is 2. The molecule has 5 nitrogen and oxygen atoms in total. The topological polar surface area (TPSA) is 40.1 Å². The molecule has 5 aromatic carbocycles. The van der Waals surface area contributed by atoms with Crippen LogP contribution in [0.15, 0.2) is 140 Å². The van der Waals surface area contributed by atoms with E-state index in [0.29, 0.717) is 0 Å². The molecule has 0 aliphatic rings. The van der Waals surface area contributed by atoms with Gasteiger partial charge in [0.1, 0.15) is 5.65 Å². The molecule has 0 atom stereocenters. The predicted molar refractivity (Wildman–Crippen MR) is 177 cm³/mol. The lowest BCUT2D eigenvalue weighted by atomic mass is 10.0. The molecular formula is C38H23N5. The number of hydrogen-bond acceptors (Lipinski definition) is 2. The molecule has 0 amide bonds. The molecule has 0 aliphatic heterocycles. The molecule has 10 aromatic rings. The zero-order valence-corrected chi connectivity index (χ0v) is 23.0. The van der Waals surface area contributed by atoms with Gasteiger partial charge in [-0.1, -0.05) is 72.8 Å². The van der Waals surface area contributed by atoms with E-state index in [9.17, 15) is 0 Å². The van der Waals surface area contributed by atoms with Gasteiger partial charge >= 0.3 is 0 Å². The van der Waals surface area contributed by atoms with E-state index < -0.39 is 0 Å². The van der Waals surface area contributed by atoms with Crippen LogP contribution in [0.25, 0.3) is 82.4 Å². The molecule has 0 fully saturated rings. The average molecular weight is 550 g/mol. The van der Waals surface area contributed by atoms with Gasteiger partial charge in [0, 0.05) is 56.9 Å². The second-order valence-corrected chi connectivity index (χ2v) is 11.1. The molecule has 0 bridgehead atoms. The van der Waals surface area contributed by atoms with E-state index in [0.717, 1.165) is 44.3 Å². The molecule has 200 valence electrons. The summed E-state index contributed by atoms with van der Waals surface area (Å²) in [5, 5.41) is 7.09. The standard InChI is InChI=1S/C38H23N5/c1-3-10-24(11-4-1)42-30-15-8-7-14-28(30)33-31(42)20-19-27-26-17-18-29-34(37(26)43(36(27)33)25-12-5-2-6-13-25)38-40-22-23-41(38)32-16-9-21-39-35(29)32/h1-23H. The molecule has 0 radical (unpaired) electrons. The highest BCUT2D eigenvalue weighted by atomic mass is 15.0. The third-order valence-corrected chi connectivity index (χ3v) is 8.92. The van der Waals surface area contributed by atoms with Crippen molar-refractivity contribution in [2.24, 2.45) is 0 Å². The van der Waals surface area contributed by atoms with Crippen LogP contribution in [0.4, 0.5) is 0 Å². The summed E-state index contributed by atoms with van der Waals surface area (Å²) in [6.07, 6.45) is 5.81. The summed E-state index contributed by atoms with van der Waals surface area (Å²) in [6.45, 7) is 0. The summed E-state index contributed by atoms with van der Waals surface area (Å²) >= 11 is 0. The monoisotopic (exact) mass is 549 g/mol. The Bertz CT molecular complexity index is 2710. The Labute approximate surface area is 245 Å². The number of aromatic nitrogens is 5. The van der Waals surface area contributed by atoms with Crippen molar-refractivity contribution in [1.29, 1.82) is 0 Å². The first-order chi connectivity index (χ1) is 21.4. The number of para-hydroxylation sites is 3. The summed E-state index contributed by atoms with van der Waals surface area (Å²) in [5.41, 5.74) is 9.94. The lowest BCUT2D eigenvalue weighted by Gasteiger charge is -2.13. The quantitative estimate of drug-likeness (QED) is 0.202. The first-order valence-electron chi connectivity index (χ1n) is 14.5.